The Bertz CT molecular complexity index is 776. The highest BCUT2D eigenvalue weighted by molar-refractivity contribution is 5.89. The van der Waals surface area contributed by atoms with Gasteiger partial charge in [0.05, 0.1) is 0 Å². The standard InChI is InChI=1S/C22H27N3O/c1-18-8-5-6-9-19(18)16-25-14-7-12-22(25)13-15-24(17-22)21(26)23-20-10-3-2-4-11-20/h2-6,8-11H,7,12-17H2,1H3,(H,23,26)/t22-/m0/s1. The second-order valence-electron chi connectivity index (χ2n) is 7.64. The first-order chi connectivity index (χ1) is 12.7. The molecule has 4 nitrogen and oxygen atoms in total. The van der Waals surface area contributed by atoms with Crippen molar-refractivity contribution in [2.24, 2.45) is 0 Å². The van der Waals surface area contributed by atoms with E-state index in [1.165, 1.54) is 24.0 Å². The molecule has 4 rings (SSSR count). The third-order valence-electron chi connectivity index (χ3n) is 6.01. The maximum absolute atomic E-state index is 12.7. The molecule has 0 aromatic heterocycles. The summed E-state index contributed by atoms with van der Waals surface area (Å²) < 4.78 is 0. The minimum absolute atomic E-state index is 0.0239. The Morgan fingerprint density at radius 1 is 1.04 bits per heavy atom. The van der Waals surface area contributed by atoms with E-state index in [0.717, 1.165) is 38.3 Å². The molecule has 0 radical (unpaired) electrons. The minimum atomic E-state index is 0.0239. The lowest BCUT2D eigenvalue weighted by Gasteiger charge is -2.35. The zero-order valence-electron chi connectivity index (χ0n) is 15.4. The predicted octanol–water partition coefficient (Wildman–Crippen LogP) is 4.27. The second kappa shape index (κ2) is 7.12. The molecular formula is C22H27N3O. The first kappa shape index (κ1) is 17.1. The lowest BCUT2D eigenvalue weighted by molar-refractivity contribution is 0.135. The van der Waals surface area contributed by atoms with Gasteiger partial charge in [0.25, 0.3) is 0 Å². The van der Waals surface area contributed by atoms with E-state index in [1.807, 2.05) is 35.2 Å². The SMILES string of the molecule is Cc1ccccc1CN1CCC[C@@]12CCN(C(=O)Nc1ccccc1)C2. The molecule has 2 aliphatic heterocycles. The van der Waals surface area contributed by atoms with Crippen molar-refractivity contribution in [3.63, 3.8) is 0 Å². The van der Waals surface area contributed by atoms with Crippen LogP contribution in [0.5, 0.6) is 0 Å². The quantitative estimate of drug-likeness (QED) is 0.898. The van der Waals surface area contributed by atoms with Crippen molar-refractivity contribution in [2.75, 3.05) is 25.0 Å². The van der Waals surface area contributed by atoms with Gasteiger partial charge >= 0.3 is 6.03 Å². The van der Waals surface area contributed by atoms with Gasteiger partial charge in [0.1, 0.15) is 0 Å². The van der Waals surface area contributed by atoms with Crippen LogP contribution in [0.15, 0.2) is 54.6 Å². The zero-order chi connectivity index (χ0) is 18.0. The van der Waals surface area contributed by atoms with E-state index in [4.69, 9.17) is 0 Å². The fourth-order valence-corrected chi connectivity index (χ4v) is 4.45. The Labute approximate surface area is 155 Å². The number of hydrogen-bond donors (Lipinski definition) is 1. The fraction of sp³-hybridized carbons (Fsp3) is 0.409. The Kier molecular flexibility index (Phi) is 4.68. The smallest absolute Gasteiger partial charge is 0.321 e. The molecule has 1 atom stereocenters. The first-order valence-electron chi connectivity index (χ1n) is 9.57. The van der Waals surface area contributed by atoms with Crippen molar-refractivity contribution in [2.45, 2.75) is 38.3 Å². The Morgan fingerprint density at radius 3 is 2.62 bits per heavy atom. The summed E-state index contributed by atoms with van der Waals surface area (Å²) in [6, 6.07) is 18.4. The molecule has 136 valence electrons. The highest BCUT2D eigenvalue weighted by atomic mass is 16.2. The van der Waals surface area contributed by atoms with Crippen LogP contribution < -0.4 is 5.32 Å². The normalized spacial score (nSPS) is 22.9. The summed E-state index contributed by atoms with van der Waals surface area (Å²) >= 11 is 0. The summed E-state index contributed by atoms with van der Waals surface area (Å²) in [5.41, 5.74) is 3.77. The number of carbonyl (C=O) groups is 1. The van der Waals surface area contributed by atoms with Crippen molar-refractivity contribution in [1.29, 1.82) is 0 Å². The molecule has 0 bridgehead atoms. The molecule has 2 amide bonds. The van der Waals surface area contributed by atoms with Gasteiger partial charge in [0.2, 0.25) is 0 Å². The Balaban J connectivity index is 1.44. The number of hydrogen-bond acceptors (Lipinski definition) is 2. The van der Waals surface area contributed by atoms with Gasteiger partial charge in [-0.3, -0.25) is 4.90 Å². The van der Waals surface area contributed by atoms with E-state index in [-0.39, 0.29) is 11.6 Å². The lowest BCUT2D eigenvalue weighted by Crippen LogP contribution is -2.47. The van der Waals surface area contributed by atoms with Gasteiger partial charge in [-0.25, -0.2) is 4.79 Å². The van der Waals surface area contributed by atoms with Crippen molar-refractivity contribution >= 4 is 11.7 Å². The summed E-state index contributed by atoms with van der Waals surface area (Å²) in [5, 5.41) is 3.03. The number of carbonyl (C=O) groups excluding carboxylic acids is 1. The third kappa shape index (κ3) is 3.34. The number of rotatable bonds is 3. The van der Waals surface area contributed by atoms with Crippen LogP contribution in [0, 0.1) is 6.92 Å². The fourth-order valence-electron chi connectivity index (χ4n) is 4.45. The number of nitrogens with one attached hydrogen (secondary N) is 1. The van der Waals surface area contributed by atoms with E-state index in [0.29, 0.717) is 0 Å². The van der Waals surface area contributed by atoms with Crippen LogP contribution in [0.25, 0.3) is 0 Å². The number of aryl methyl sites for hydroxylation is 1. The topological polar surface area (TPSA) is 35.6 Å². The number of anilines is 1. The van der Waals surface area contributed by atoms with Gasteiger partial charge in [-0.05, 0) is 56.0 Å². The minimum Gasteiger partial charge on any atom is -0.323 e. The molecule has 2 aromatic rings. The highest BCUT2D eigenvalue weighted by Crippen LogP contribution is 2.39. The van der Waals surface area contributed by atoms with E-state index in [9.17, 15) is 4.79 Å². The molecule has 2 fully saturated rings. The maximum Gasteiger partial charge on any atom is 0.321 e. The van der Waals surface area contributed by atoms with Crippen LogP contribution in [0.4, 0.5) is 10.5 Å². The summed E-state index contributed by atoms with van der Waals surface area (Å²) in [6.07, 6.45) is 3.48. The van der Waals surface area contributed by atoms with E-state index < -0.39 is 0 Å². The van der Waals surface area contributed by atoms with Crippen LogP contribution in [0.3, 0.4) is 0 Å². The largest absolute Gasteiger partial charge is 0.323 e. The summed E-state index contributed by atoms with van der Waals surface area (Å²) in [6.45, 7) is 5.97. The molecular weight excluding hydrogens is 322 g/mol. The van der Waals surface area contributed by atoms with Crippen molar-refractivity contribution in [3.05, 3.63) is 65.7 Å². The van der Waals surface area contributed by atoms with Crippen LogP contribution >= 0.6 is 0 Å². The average molecular weight is 349 g/mol. The third-order valence-corrected chi connectivity index (χ3v) is 6.01. The monoisotopic (exact) mass is 349 g/mol. The maximum atomic E-state index is 12.7. The average Bonchev–Trinajstić information content (AvgIpc) is 3.26. The number of likely N-dealkylation sites (tertiary alicyclic amines) is 2. The van der Waals surface area contributed by atoms with Crippen LogP contribution in [-0.4, -0.2) is 41.0 Å². The van der Waals surface area contributed by atoms with Crippen LogP contribution in [-0.2, 0) is 6.54 Å². The van der Waals surface area contributed by atoms with Gasteiger partial charge in [-0.1, -0.05) is 42.5 Å². The highest BCUT2D eigenvalue weighted by Gasteiger charge is 2.47. The molecule has 1 spiro atoms. The van der Waals surface area contributed by atoms with Crippen LogP contribution in [0.2, 0.25) is 0 Å². The molecule has 26 heavy (non-hydrogen) atoms. The molecule has 2 saturated heterocycles. The van der Waals surface area contributed by atoms with E-state index in [1.54, 1.807) is 0 Å². The number of urea groups is 1. The molecule has 2 aliphatic rings. The van der Waals surface area contributed by atoms with Crippen LogP contribution in [0.1, 0.15) is 30.4 Å². The zero-order valence-corrected chi connectivity index (χ0v) is 15.4. The molecule has 2 heterocycles. The summed E-state index contributed by atoms with van der Waals surface area (Å²) in [7, 11) is 0. The van der Waals surface area contributed by atoms with Crippen molar-refractivity contribution < 1.29 is 4.79 Å². The van der Waals surface area contributed by atoms with Gasteiger partial charge in [0.15, 0.2) is 0 Å². The van der Waals surface area contributed by atoms with Gasteiger partial charge in [0, 0.05) is 30.9 Å². The number of nitrogens with zero attached hydrogens (tertiary/aromatic N) is 2. The van der Waals surface area contributed by atoms with E-state index in [2.05, 4.69) is 41.4 Å². The number of benzene rings is 2. The number of para-hydroxylation sites is 1. The molecule has 0 aliphatic carbocycles. The first-order valence-corrected chi connectivity index (χ1v) is 9.57. The molecule has 0 saturated carbocycles. The lowest BCUT2D eigenvalue weighted by atomic mass is 9.94. The van der Waals surface area contributed by atoms with Gasteiger partial charge < -0.3 is 10.2 Å². The molecule has 2 aromatic carbocycles. The summed E-state index contributed by atoms with van der Waals surface area (Å²) in [4.78, 5) is 17.3. The molecule has 0 unspecified atom stereocenters. The van der Waals surface area contributed by atoms with E-state index >= 15 is 0 Å². The predicted molar refractivity (Wildman–Crippen MR) is 105 cm³/mol. The number of amides is 2. The van der Waals surface area contributed by atoms with Gasteiger partial charge in [-0.2, -0.15) is 0 Å². The van der Waals surface area contributed by atoms with Crippen molar-refractivity contribution in [1.82, 2.24) is 9.80 Å². The molecule has 1 N–H and O–H groups in total. The summed E-state index contributed by atoms with van der Waals surface area (Å²) in [5.74, 6) is 0. The van der Waals surface area contributed by atoms with Crippen molar-refractivity contribution in [3.8, 4) is 0 Å². The van der Waals surface area contributed by atoms with Gasteiger partial charge in [-0.15, -0.1) is 0 Å². The Morgan fingerprint density at radius 2 is 1.81 bits per heavy atom. The molecule has 4 heteroatoms. The second-order valence-corrected chi connectivity index (χ2v) is 7.64. The Hall–Kier alpha value is -2.33.